The van der Waals surface area contributed by atoms with Crippen LogP contribution in [0.15, 0.2) is 63.2 Å². The highest BCUT2D eigenvalue weighted by Gasteiger charge is 2.19. The Bertz CT molecular complexity index is 971. The third-order valence-corrected chi connectivity index (χ3v) is 5.15. The van der Waals surface area contributed by atoms with Gasteiger partial charge in [-0.15, -0.1) is 11.8 Å². The van der Waals surface area contributed by atoms with E-state index in [4.69, 9.17) is 9.15 Å². The molecule has 146 valence electrons. The summed E-state index contributed by atoms with van der Waals surface area (Å²) < 4.78 is 11.5. The van der Waals surface area contributed by atoms with Gasteiger partial charge in [0.15, 0.2) is 5.84 Å². The van der Waals surface area contributed by atoms with E-state index in [-0.39, 0.29) is 0 Å². The van der Waals surface area contributed by atoms with Gasteiger partial charge in [-0.05, 0) is 68.1 Å². The van der Waals surface area contributed by atoms with Gasteiger partial charge >= 0.3 is 0 Å². The largest absolute Gasteiger partial charge is 0.467 e. The summed E-state index contributed by atoms with van der Waals surface area (Å²) in [4.78, 5) is 7.49. The topological polar surface area (TPSA) is 71.1 Å². The predicted molar refractivity (Wildman–Crippen MR) is 111 cm³/mol. The zero-order chi connectivity index (χ0) is 20.1. The summed E-state index contributed by atoms with van der Waals surface area (Å²) in [7, 11) is 1.82. The fourth-order valence-electron chi connectivity index (χ4n) is 2.85. The number of aryl methyl sites for hydroxylation is 2. The van der Waals surface area contributed by atoms with E-state index < -0.39 is 0 Å². The van der Waals surface area contributed by atoms with Gasteiger partial charge < -0.3 is 19.3 Å². The fraction of sp³-hybridized carbons (Fsp3) is 0.238. The second kappa shape index (κ2) is 8.84. The van der Waals surface area contributed by atoms with Crippen molar-refractivity contribution in [3.63, 3.8) is 0 Å². The highest BCUT2D eigenvalue weighted by molar-refractivity contribution is 7.98. The van der Waals surface area contributed by atoms with Crippen LogP contribution >= 0.6 is 11.8 Å². The highest BCUT2D eigenvalue weighted by Crippen LogP contribution is 2.29. The van der Waals surface area contributed by atoms with Gasteiger partial charge in [0.05, 0.1) is 18.4 Å². The molecule has 3 rings (SSSR count). The van der Waals surface area contributed by atoms with Gasteiger partial charge in [0, 0.05) is 17.6 Å². The van der Waals surface area contributed by atoms with Gasteiger partial charge in [-0.3, -0.25) is 0 Å². The first-order valence-corrected chi connectivity index (χ1v) is 10.0. The van der Waals surface area contributed by atoms with Crippen molar-refractivity contribution in [3.8, 4) is 11.6 Å². The maximum atomic E-state index is 9.68. The Kier molecular flexibility index (Phi) is 6.26. The lowest BCUT2D eigenvalue weighted by molar-refractivity contribution is 0.302. The van der Waals surface area contributed by atoms with E-state index in [1.54, 1.807) is 22.9 Å². The molecule has 0 saturated heterocycles. The zero-order valence-corrected chi connectivity index (χ0v) is 17.2. The Morgan fingerprint density at radius 2 is 2.07 bits per heavy atom. The molecule has 0 aliphatic carbocycles. The maximum Gasteiger partial charge on any atom is 0.230 e. The number of oxime groups is 1. The number of ether oxygens (including phenoxy) is 1. The van der Waals surface area contributed by atoms with E-state index in [1.165, 1.54) is 4.90 Å². The number of aromatic nitrogens is 1. The summed E-state index contributed by atoms with van der Waals surface area (Å²) in [5.74, 6) is 2.17. The fourth-order valence-corrected chi connectivity index (χ4v) is 3.44. The van der Waals surface area contributed by atoms with Crippen LogP contribution in [0.1, 0.15) is 22.6 Å². The summed E-state index contributed by atoms with van der Waals surface area (Å²) in [5, 5.41) is 13.2. The molecule has 7 heteroatoms. The SMILES string of the molecule is CSc1ccc(Oc2nc(C)ccc2/C(=N/O)N(C)Cc2ccco2)cc1C. The number of rotatable bonds is 6. The summed E-state index contributed by atoms with van der Waals surface area (Å²) in [6, 6.07) is 13.3. The smallest absolute Gasteiger partial charge is 0.230 e. The van der Waals surface area contributed by atoms with Crippen LogP contribution < -0.4 is 4.74 Å². The monoisotopic (exact) mass is 397 g/mol. The van der Waals surface area contributed by atoms with Crippen molar-refractivity contribution < 1.29 is 14.4 Å². The Hall–Kier alpha value is -2.93. The first-order valence-electron chi connectivity index (χ1n) is 8.78. The van der Waals surface area contributed by atoms with Gasteiger partial charge in [-0.2, -0.15) is 0 Å². The molecule has 0 saturated carbocycles. The Morgan fingerprint density at radius 1 is 1.25 bits per heavy atom. The molecule has 1 aromatic carbocycles. The molecule has 0 amide bonds. The molecule has 0 radical (unpaired) electrons. The molecule has 2 heterocycles. The van der Waals surface area contributed by atoms with Crippen LogP contribution in [0.2, 0.25) is 0 Å². The molecule has 0 bridgehead atoms. The summed E-state index contributed by atoms with van der Waals surface area (Å²) >= 11 is 1.69. The van der Waals surface area contributed by atoms with E-state index in [0.29, 0.717) is 29.6 Å². The van der Waals surface area contributed by atoms with Crippen molar-refractivity contribution in [2.45, 2.75) is 25.3 Å². The van der Waals surface area contributed by atoms with Crippen LogP contribution in [0.25, 0.3) is 0 Å². The van der Waals surface area contributed by atoms with Crippen molar-refractivity contribution >= 4 is 17.6 Å². The number of amidine groups is 1. The molecule has 0 aliphatic heterocycles. The minimum Gasteiger partial charge on any atom is -0.467 e. The highest BCUT2D eigenvalue weighted by atomic mass is 32.2. The number of benzene rings is 1. The molecule has 0 fully saturated rings. The van der Waals surface area contributed by atoms with Crippen LogP contribution in [0.4, 0.5) is 0 Å². The number of nitrogens with zero attached hydrogens (tertiary/aromatic N) is 3. The molecule has 1 N–H and O–H groups in total. The molecular weight excluding hydrogens is 374 g/mol. The summed E-state index contributed by atoms with van der Waals surface area (Å²) in [6.07, 6.45) is 3.66. The Labute approximate surface area is 168 Å². The summed E-state index contributed by atoms with van der Waals surface area (Å²) in [5.41, 5.74) is 2.53. The van der Waals surface area contributed by atoms with E-state index in [9.17, 15) is 5.21 Å². The van der Waals surface area contributed by atoms with E-state index >= 15 is 0 Å². The van der Waals surface area contributed by atoms with Gasteiger partial charge in [0.2, 0.25) is 5.88 Å². The molecule has 0 atom stereocenters. The normalized spacial score (nSPS) is 11.5. The van der Waals surface area contributed by atoms with Crippen LogP contribution in [0, 0.1) is 13.8 Å². The number of hydrogen-bond acceptors (Lipinski definition) is 6. The molecule has 3 aromatic rings. The molecule has 0 unspecified atom stereocenters. The van der Waals surface area contributed by atoms with E-state index in [1.807, 2.05) is 69.6 Å². The van der Waals surface area contributed by atoms with Crippen LogP contribution in [-0.4, -0.2) is 34.2 Å². The molecule has 6 nitrogen and oxygen atoms in total. The Balaban J connectivity index is 1.92. The lowest BCUT2D eigenvalue weighted by Gasteiger charge is -2.20. The van der Waals surface area contributed by atoms with Crippen LogP contribution in [0.3, 0.4) is 0 Å². The lowest BCUT2D eigenvalue weighted by Crippen LogP contribution is -2.27. The quantitative estimate of drug-likeness (QED) is 0.206. The van der Waals surface area contributed by atoms with E-state index in [2.05, 4.69) is 10.1 Å². The number of hydrogen-bond donors (Lipinski definition) is 1. The third kappa shape index (κ3) is 4.48. The second-order valence-electron chi connectivity index (χ2n) is 6.40. The third-order valence-electron chi connectivity index (χ3n) is 4.25. The van der Waals surface area contributed by atoms with Crippen molar-refractivity contribution in [1.29, 1.82) is 0 Å². The number of thioether (sulfide) groups is 1. The minimum absolute atomic E-state index is 0.344. The molecule has 0 spiro atoms. The average Bonchev–Trinajstić information content (AvgIpc) is 3.17. The molecule has 0 aliphatic rings. The molecule has 2 aromatic heterocycles. The second-order valence-corrected chi connectivity index (χ2v) is 7.25. The standard InChI is InChI=1S/C21H23N3O3S/c1-14-12-16(8-10-19(14)28-4)27-21-18(9-7-15(2)22-21)20(23-25)24(3)13-17-6-5-11-26-17/h5-12,25H,13H2,1-4H3/b23-20-. The minimum atomic E-state index is 0.344. The van der Waals surface area contributed by atoms with Gasteiger partial charge in [-0.1, -0.05) is 5.16 Å². The van der Waals surface area contributed by atoms with Crippen molar-refractivity contribution in [2.75, 3.05) is 13.3 Å². The van der Waals surface area contributed by atoms with Gasteiger partial charge in [0.25, 0.3) is 0 Å². The van der Waals surface area contributed by atoms with Crippen molar-refractivity contribution in [2.24, 2.45) is 5.16 Å². The zero-order valence-electron chi connectivity index (χ0n) is 16.3. The first kappa shape index (κ1) is 19.8. The van der Waals surface area contributed by atoms with Crippen LogP contribution in [0.5, 0.6) is 11.6 Å². The Morgan fingerprint density at radius 3 is 2.71 bits per heavy atom. The predicted octanol–water partition coefficient (Wildman–Crippen LogP) is 5.07. The number of furan rings is 1. The number of pyridine rings is 1. The van der Waals surface area contributed by atoms with E-state index in [0.717, 1.165) is 17.0 Å². The van der Waals surface area contributed by atoms with Gasteiger partial charge in [0.1, 0.15) is 11.5 Å². The van der Waals surface area contributed by atoms with Crippen molar-refractivity contribution in [3.05, 3.63) is 71.3 Å². The summed E-state index contributed by atoms with van der Waals surface area (Å²) in [6.45, 7) is 4.38. The lowest BCUT2D eigenvalue weighted by atomic mass is 10.2. The van der Waals surface area contributed by atoms with Gasteiger partial charge in [-0.25, -0.2) is 4.98 Å². The van der Waals surface area contributed by atoms with Crippen molar-refractivity contribution in [1.82, 2.24) is 9.88 Å². The maximum absolute atomic E-state index is 9.68. The molecular formula is C21H23N3O3S. The molecule has 28 heavy (non-hydrogen) atoms. The average molecular weight is 398 g/mol. The van der Waals surface area contributed by atoms with Crippen LogP contribution in [-0.2, 0) is 6.54 Å². The first-order chi connectivity index (χ1) is 13.5.